The standard InChI is InChI=1S/C16H18FNO/c1-3-12-7-4-5-10-16(12)19-11-13-14(17)8-6-9-15(13)18-2/h4-10,18H,3,11H2,1-2H3. The molecule has 2 aromatic rings. The Balaban J connectivity index is 2.19. The van der Waals surface area contributed by atoms with E-state index >= 15 is 0 Å². The predicted molar refractivity (Wildman–Crippen MR) is 76.1 cm³/mol. The molecule has 0 saturated heterocycles. The Kier molecular flexibility index (Phi) is 4.39. The summed E-state index contributed by atoms with van der Waals surface area (Å²) in [4.78, 5) is 0. The van der Waals surface area contributed by atoms with Gasteiger partial charge < -0.3 is 10.1 Å². The number of para-hydroxylation sites is 1. The fourth-order valence-corrected chi connectivity index (χ4v) is 2.03. The average molecular weight is 259 g/mol. The molecule has 0 bridgehead atoms. The lowest BCUT2D eigenvalue weighted by atomic mass is 10.1. The molecule has 0 heterocycles. The third kappa shape index (κ3) is 3.05. The smallest absolute Gasteiger partial charge is 0.131 e. The quantitative estimate of drug-likeness (QED) is 0.876. The number of benzene rings is 2. The lowest BCUT2D eigenvalue weighted by Crippen LogP contribution is -2.04. The minimum absolute atomic E-state index is 0.222. The lowest BCUT2D eigenvalue weighted by Gasteiger charge is -2.13. The Morgan fingerprint density at radius 1 is 1.11 bits per heavy atom. The molecule has 0 aliphatic rings. The summed E-state index contributed by atoms with van der Waals surface area (Å²) >= 11 is 0. The first kappa shape index (κ1) is 13.4. The molecule has 0 radical (unpaired) electrons. The van der Waals surface area contributed by atoms with E-state index in [0.29, 0.717) is 5.56 Å². The van der Waals surface area contributed by atoms with Crippen LogP contribution in [0.1, 0.15) is 18.1 Å². The topological polar surface area (TPSA) is 21.3 Å². The molecule has 2 rings (SSSR count). The minimum Gasteiger partial charge on any atom is -0.488 e. The van der Waals surface area contributed by atoms with E-state index in [9.17, 15) is 4.39 Å². The van der Waals surface area contributed by atoms with Crippen LogP contribution >= 0.6 is 0 Å². The van der Waals surface area contributed by atoms with Crippen molar-refractivity contribution in [2.24, 2.45) is 0 Å². The summed E-state index contributed by atoms with van der Waals surface area (Å²) in [5, 5.41) is 2.98. The molecule has 0 spiro atoms. The SMILES string of the molecule is CCc1ccccc1OCc1c(F)cccc1NC. The van der Waals surface area contributed by atoms with Crippen LogP contribution in [0, 0.1) is 5.82 Å². The zero-order chi connectivity index (χ0) is 13.7. The Morgan fingerprint density at radius 3 is 2.63 bits per heavy atom. The number of rotatable bonds is 5. The van der Waals surface area contributed by atoms with Crippen LogP contribution in [0.3, 0.4) is 0 Å². The number of hydrogen-bond acceptors (Lipinski definition) is 2. The zero-order valence-corrected chi connectivity index (χ0v) is 11.2. The van der Waals surface area contributed by atoms with Gasteiger partial charge in [0.2, 0.25) is 0 Å². The Hall–Kier alpha value is -2.03. The number of aryl methyl sites for hydroxylation is 1. The molecule has 0 amide bonds. The van der Waals surface area contributed by atoms with Gasteiger partial charge in [0.15, 0.2) is 0 Å². The normalized spacial score (nSPS) is 10.3. The second kappa shape index (κ2) is 6.23. The van der Waals surface area contributed by atoms with Crippen LogP contribution in [0.4, 0.5) is 10.1 Å². The van der Waals surface area contributed by atoms with Crippen molar-refractivity contribution in [3.8, 4) is 5.75 Å². The van der Waals surface area contributed by atoms with E-state index in [1.165, 1.54) is 6.07 Å². The average Bonchev–Trinajstić information content (AvgIpc) is 2.46. The largest absolute Gasteiger partial charge is 0.488 e. The highest BCUT2D eigenvalue weighted by Gasteiger charge is 2.09. The molecule has 19 heavy (non-hydrogen) atoms. The number of hydrogen-bond donors (Lipinski definition) is 1. The molecule has 0 unspecified atom stereocenters. The fourth-order valence-electron chi connectivity index (χ4n) is 2.03. The van der Waals surface area contributed by atoms with Crippen molar-refractivity contribution in [2.75, 3.05) is 12.4 Å². The molecule has 2 nitrogen and oxygen atoms in total. The Bertz CT molecular complexity index is 554. The first-order valence-electron chi connectivity index (χ1n) is 6.42. The number of nitrogens with one attached hydrogen (secondary N) is 1. The molecule has 3 heteroatoms. The van der Waals surface area contributed by atoms with E-state index in [-0.39, 0.29) is 12.4 Å². The van der Waals surface area contributed by atoms with Crippen LogP contribution in [-0.2, 0) is 13.0 Å². The number of anilines is 1. The van der Waals surface area contributed by atoms with Crippen LogP contribution in [-0.4, -0.2) is 7.05 Å². The Labute approximate surface area is 113 Å². The van der Waals surface area contributed by atoms with Gasteiger partial charge in [-0.3, -0.25) is 0 Å². The van der Waals surface area contributed by atoms with E-state index < -0.39 is 0 Å². The fraction of sp³-hybridized carbons (Fsp3) is 0.250. The maximum Gasteiger partial charge on any atom is 0.131 e. The van der Waals surface area contributed by atoms with Gasteiger partial charge in [0.25, 0.3) is 0 Å². The summed E-state index contributed by atoms with van der Waals surface area (Å²) in [6.07, 6.45) is 0.895. The van der Waals surface area contributed by atoms with Crippen molar-refractivity contribution in [3.05, 3.63) is 59.4 Å². The van der Waals surface area contributed by atoms with Gasteiger partial charge in [-0.15, -0.1) is 0 Å². The van der Waals surface area contributed by atoms with E-state index in [0.717, 1.165) is 23.4 Å². The second-order valence-corrected chi connectivity index (χ2v) is 4.27. The molecule has 2 aromatic carbocycles. The van der Waals surface area contributed by atoms with Crippen LogP contribution in [0.5, 0.6) is 5.75 Å². The first-order chi connectivity index (χ1) is 9.26. The van der Waals surface area contributed by atoms with E-state index in [1.807, 2.05) is 30.3 Å². The summed E-state index contributed by atoms with van der Waals surface area (Å²) in [5.41, 5.74) is 2.44. The minimum atomic E-state index is -0.249. The van der Waals surface area contributed by atoms with Crippen LogP contribution in [0.25, 0.3) is 0 Å². The predicted octanol–water partition coefficient (Wildman–Crippen LogP) is 4.01. The molecule has 0 aliphatic carbocycles. The summed E-state index contributed by atoms with van der Waals surface area (Å²) in [6.45, 7) is 2.30. The summed E-state index contributed by atoms with van der Waals surface area (Å²) in [7, 11) is 1.78. The Morgan fingerprint density at radius 2 is 1.89 bits per heavy atom. The van der Waals surface area contributed by atoms with Crippen molar-refractivity contribution in [3.63, 3.8) is 0 Å². The molecular formula is C16H18FNO. The van der Waals surface area contributed by atoms with Crippen molar-refractivity contribution in [2.45, 2.75) is 20.0 Å². The monoisotopic (exact) mass is 259 g/mol. The van der Waals surface area contributed by atoms with Crippen molar-refractivity contribution in [1.82, 2.24) is 0 Å². The maximum absolute atomic E-state index is 13.8. The lowest BCUT2D eigenvalue weighted by molar-refractivity contribution is 0.297. The van der Waals surface area contributed by atoms with Gasteiger partial charge >= 0.3 is 0 Å². The highest BCUT2D eigenvalue weighted by molar-refractivity contribution is 5.51. The van der Waals surface area contributed by atoms with Gasteiger partial charge in [-0.25, -0.2) is 4.39 Å². The van der Waals surface area contributed by atoms with E-state index in [4.69, 9.17) is 4.74 Å². The van der Waals surface area contributed by atoms with Gasteiger partial charge in [-0.1, -0.05) is 31.2 Å². The van der Waals surface area contributed by atoms with Crippen molar-refractivity contribution >= 4 is 5.69 Å². The van der Waals surface area contributed by atoms with E-state index in [2.05, 4.69) is 12.2 Å². The summed E-state index contributed by atoms with van der Waals surface area (Å²) in [6, 6.07) is 12.8. The maximum atomic E-state index is 13.8. The van der Waals surface area contributed by atoms with Gasteiger partial charge in [-0.05, 0) is 30.2 Å². The van der Waals surface area contributed by atoms with Gasteiger partial charge in [0, 0.05) is 18.3 Å². The van der Waals surface area contributed by atoms with Gasteiger partial charge in [0.1, 0.15) is 18.2 Å². The molecule has 1 N–H and O–H groups in total. The van der Waals surface area contributed by atoms with Gasteiger partial charge in [0.05, 0.1) is 0 Å². The summed E-state index contributed by atoms with van der Waals surface area (Å²) < 4.78 is 19.6. The molecule has 0 atom stereocenters. The highest BCUT2D eigenvalue weighted by Crippen LogP contribution is 2.23. The summed E-state index contributed by atoms with van der Waals surface area (Å²) in [5.74, 6) is 0.566. The third-order valence-electron chi connectivity index (χ3n) is 3.11. The molecule has 0 aliphatic heterocycles. The number of halogens is 1. The van der Waals surface area contributed by atoms with Crippen LogP contribution in [0.2, 0.25) is 0 Å². The highest BCUT2D eigenvalue weighted by atomic mass is 19.1. The third-order valence-corrected chi connectivity index (χ3v) is 3.11. The van der Waals surface area contributed by atoms with Crippen molar-refractivity contribution in [1.29, 1.82) is 0 Å². The second-order valence-electron chi connectivity index (χ2n) is 4.27. The molecule has 100 valence electrons. The molecule has 0 aromatic heterocycles. The molecule has 0 fully saturated rings. The van der Waals surface area contributed by atoms with Crippen LogP contribution in [0.15, 0.2) is 42.5 Å². The number of ether oxygens (including phenoxy) is 1. The van der Waals surface area contributed by atoms with Crippen LogP contribution < -0.4 is 10.1 Å². The molecule has 0 saturated carbocycles. The first-order valence-corrected chi connectivity index (χ1v) is 6.42. The van der Waals surface area contributed by atoms with Crippen molar-refractivity contribution < 1.29 is 9.13 Å². The zero-order valence-electron chi connectivity index (χ0n) is 11.2. The molecular weight excluding hydrogens is 241 g/mol. The van der Waals surface area contributed by atoms with E-state index in [1.54, 1.807) is 13.1 Å². The van der Waals surface area contributed by atoms with Gasteiger partial charge in [-0.2, -0.15) is 0 Å².